The van der Waals surface area contributed by atoms with Crippen LogP contribution in [0.5, 0.6) is 0 Å². The maximum Gasteiger partial charge on any atom is 0.328 e. The largest absolute Gasteiger partial charge is 0.328 e. The quantitative estimate of drug-likeness (QED) is 0.200. The fourth-order valence-corrected chi connectivity index (χ4v) is 6.18. The summed E-state index contributed by atoms with van der Waals surface area (Å²) in [5.41, 5.74) is 8.60. The van der Waals surface area contributed by atoms with E-state index < -0.39 is 0 Å². The summed E-state index contributed by atoms with van der Waals surface area (Å²) in [4.78, 5) is 22.6. The molecule has 210 valence electrons. The zero-order valence-corrected chi connectivity index (χ0v) is 24.4. The summed E-state index contributed by atoms with van der Waals surface area (Å²) >= 11 is 0. The van der Waals surface area contributed by atoms with E-state index in [4.69, 9.17) is 9.97 Å². The van der Waals surface area contributed by atoms with Crippen LogP contribution in [0.2, 0.25) is 0 Å². The molecule has 44 heavy (non-hydrogen) atoms. The summed E-state index contributed by atoms with van der Waals surface area (Å²) in [7, 11) is 3.62. The predicted molar refractivity (Wildman–Crippen MR) is 181 cm³/mol. The second-order valence-corrected chi connectivity index (χ2v) is 11.2. The Morgan fingerprint density at radius 3 is 1.91 bits per heavy atom. The molecule has 0 fully saturated rings. The van der Waals surface area contributed by atoms with E-state index >= 15 is 0 Å². The minimum absolute atomic E-state index is 0.0327. The molecular formula is C39H28N4O. The summed E-state index contributed by atoms with van der Waals surface area (Å²) in [6, 6.07) is 46.2. The van der Waals surface area contributed by atoms with Crippen LogP contribution in [0.25, 0.3) is 77.6 Å². The van der Waals surface area contributed by atoms with Gasteiger partial charge in [0.25, 0.3) is 0 Å². The Balaban J connectivity index is 1.27. The number of nitrogens with zero attached hydrogens (tertiary/aromatic N) is 4. The molecule has 8 aromatic rings. The number of fused-ring (bicyclic) bond motifs is 4. The number of hydrogen-bond acceptors (Lipinski definition) is 3. The fourth-order valence-electron chi connectivity index (χ4n) is 6.18. The molecule has 0 aliphatic carbocycles. The highest BCUT2D eigenvalue weighted by Gasteiger charge is 2.14. The van der Waals surface area contributed by atoms with Crippen molar-refractivity contribution in [3.05, 3.63) is 144 Å². The van der Waals surface area contributed by atoms with E-state index in [-0.39, 0.29) is 5.69 Å². The van der Waals surface area contributed by atoms with Gasteiger partial charge in [0.1, 0.15) is 0 Å². The first-order valence-electron chi connectivity index (χ1n) is 14.7. The van der Waals surface area contributed by atoms with Crippen molar-refractivity contribution in [2.24, 2.45) is 14.1 Å². The van der Waals surface area contributed by atoms with E-state index in [9.17, 15) is 4.79 Å². The van der Waals surface area contributed by atoms with Gasteiger partial charge < -0.3 is 0 Å². The Kier molecular flexibility index (Phi) is 5.98. The highest BCUT2D eigenvalue weighted by molar-refractivity contribution is 6.08. The molecule has 5 heteroatoms. The Morgan fingerprint density at radius 1 is 0.455 bits per heavy atom. The van der Waals surface area contributed by atoms with E-state index in [0.717, 1.165) is 50.2 Å². The van der Waals surface area contributed by atoms with Crippen LogP contribution in [0.15, 0.2) is 138 Å². The first-order valence-corrected chi connectivity index (χ1v) is 14.7. The maximum absolute atomic E-state index is 12.5. The van der Waals surface area contributed by atoms with Gasteiger partial charge in [-0.3, -0.25) is 9.13 Å². The molecule has 0 aliphatic rings. The SMILES string of the molecule is Cn1c(=O)n(C)c2cc(-c3cccc(-c4cc(-c5ccc6c(ccc7ccccc76)c5)nc(-c5ccccc5)n4)c3)ccc21. The number of benzene rings is 6. The van der Waals surface area contributed by atoms with Crippen LogP contribution >= 0.6 is 0 Å². The molecule has 0 spiro atoms. The van der Waals surface area contributed by atoms with E-state index in [1.807, 2.05) is 43.4 Å². The zero-order valence-electron chi connectivity index (χ0n) is 24.4. The summed E-state index contributed by atoms with van der Waals surface area (Å²) in [5.74, 6) is 0.683. The van der Waals surface area contributed by atoms with Gasteiger partial charge in [-0.2, -0.15) is 0 Å². The second-order valence-electron chi connectivity index (χ2n) is 11.2. The van der Waals surface area contributed by atoms with Gasteiger partial charge in [0.2, 0.25) is 0 Å². The molecule has 0 radical (unpaired) electrons. The maximum atomic E-state index is 12.5. The molecule has 0 atom stereocenters. The highest BCUT2D eigenvalue weighted by atomic mass is 16.1. The van der Waals surface area contributed by atoms with Crippen molar-refractivity contribution in [3.8, 4) is 45.0 Å². The van der Waals surface area contributed by atoms with E-state index in [0.29, 0.717) is 5.82 Å². The molecule has 0 aliphatic heterocycles. The lowest BCUT2D eigenvalue weighted by molar-refractivity contribution is 0.795. The molecule has 0 saturated heterocycles. The molecular weight excluding hydrogens is 540 g/mol. The zero-order chi connectivity index (χ0) is 29.8. The van der Waals surface area contributed by atoms with Crippen LogP contribution in [0.3, 0.4) is 0 Å². The van der Waals surface area contributed by atoms with Gasteiger partial charge >= 0.3 is 5.69 Å². The lowest BCUT2D eigenvalue weighted by Crippen LogP contribution is -2.19. The number of rotatable bonds is 4. The third kappa shape index (κ3) is 4.29. The normalized spacial score (nSPS) is 11.5. The van der Waals surface area contributed by atoms with Crippen LogP contribution in [0.4, 0.5) is 0 Å². The Labute approximate surface area is 254 Å². The second kappa shape index (κ2) is 10.2. The third-order valence-electron chi connectivity index (χ3n) is 8.56. The smallest absolute Gasteiger partial charge is 0.295 e. The molecule has 0 saturated carbocycles. The summed E-state index contributed by atoms with van der Waals surface area (Å²) in [6.07, 6.45) is 0. The van der Waals surface area contributed by atoms with Crippen LogP contribution < -0.4 is 5.69 Å². The van der Waals surface area contributed by atoms with Crippen molar-refractivity contribution in [1.29, 1.82) is 0 Å². The summed E-state index contributed by atoms with van der Waals surface area (Å²) in [5, 5.41) is 4.88. The summed E-state index contributed by atoms with van der Waals surface area (Å²) < 4.78 is 3.37. The van der Waals surface area contributed by atoms with Crippen molar-refractivity contribution >= 4 is 32.6 Å². The van der Waals surface area contributed by atoms with Gasteiger partial charge in [-0.1, -0.05) is 103 Å². The minimum atomic E-state index is -0.0327. The molecule has 0 amide bonds. The average molecular weight is 569 g/mol. The number of aryl methyl sites for hydroxylation is 2. The van der Waals surface area contributed by atoms with Gasteiger partial charge in [-0.25, -0.2) is 14.8 Å². The summed E-state index contributed by atoms with van der Waals surface area (Å²) in [6.45, 7) is 0. The first-order chi connectivity index (χ1) is 21.5. The van der Waals surface area contributed by atoms with Gasteiger partial charge in [0.15, 0.2) is 5.82 Å². The number of hydrogen-bond donors (Lipinski definition) is 0. The van der Waals surface area contributed by atoms with E-state index in [2.05, 4.69) is 97.1 Å². The van der Waals surface area contributed by atoms with E-state index in [1.165, 1.54) is 21.5 Å². The van der Waals surface area contributed by atoms with Crippen molar-refractivity contribution in [2.45, 2.75) is 0 Å². The van der Waals surface area contributed by atoms with Crippen molar-refractivity contribution < 1.29 is 0 Å². The number of imidazole rings is 1. The van der Waals surface area contributed by atoms with Gasteiger partial charge in [-0.15, -0.1) is 0 Å². The molecule has 6 aromatic carbocycles. The van der Waals surface area contributed by atoms with E-state index in [1.54, 1.807) is 16.2 Å². The Morgan fingerprint density at radius 2 is 1.07 bits per heavy atom. The highest BCUT2D eigenvalue weighted by Crippen LogP contribution is 2.33. The van der Waals surface area contributed by atoms with Gasteiger partial charge in [-0.05, 0) is 63.0 Å². The molecule has 2 aromatic heterocycles. The standard InChI is InChI=1S/C39H28N4O/c1-42-36-20-18-28(23-37(36)43(2)39(42)44)27-12-8-13-30(21-27)34-24-35(41-38(40-34)26-10-4-3-5-11-26)31-17-19-33-29(22-31)16-15-25-9-6-7-14-32(25)33/h3-24H,1-2H3. The molecule has 2 heterocycles. The predicted octanol–water partition coefficient (Wildman–Crippen LogP) is 8.64. The minimum Gasteiger partial charge on any atom is -0.295 e. The Bertz CT molecular complexity index is 2440. The van der Waals surface area contributed by atoms with Crippen molar-refractivity contribution in [3.63, 3.8) is 0 Å². The Hall–Kier alpha value is -5.81. The van der Waals surface area contributed by atoms with Crippen LogP contribution in [0, 0.1) is 0 Å². The molecule has 5 nitrogen and oxygen atoms in total. The lowest BCUT2D eigenvalue weighted by atomic mass is 9.98. The van der Waals surface area contributed by atoms with Crippen molar-refractivity contribution in [2.75, 3.05) is 0 Å². The molecule has 0 N–H and O–H groups in total. The van der Waals surface area contributed by atoms with Gasteiger partial charge in [0.05, 0.1) is 22.4 Å². The third-order valence-corrected chi connectivity index (χ3v) is 8.56. The molecule has 0 bridgehead atoms. The fraction of sp³-hybridized carbons (Fsp3) is 0.0513. The monoisotopic (exact) mass is 568 g/mol. The van der Waals surface area contributed by atoms with Crippen LogP contribution in [-0.4, -0.2) is 19.1 Å². The lowest BCUT2D eigenvalue weighted by Gasteiger charge is -2.12. The van der Waals surface area contributed by atoms with Gasteiger partial charge in [0, 0.05) is 30.8 Å². The van der Waals surface area contributed by atoms with Crippen molar-refractivity contribution in [1.82, 2.24) is 19.1 Å². The number of aromatic nitrogens is 4. The molecule has 8 rings (SSSR count). The first kappa shape index (κ1) is 25.9. The average Bonchev–Trinajstić information content (AvgIpc) is 3.31. The van der Waals surface area contributed by atoms with Crippen LogP contribution in [0.1, 0.15) is 0 Å². The molecule has 0 unspecified atom stereocenters. The van der Waals surface area contributed by atoms with Crippen LogP contribution in [-0.2, 0) is 14.1 Å². The topological polar surface area (TPSA) is 52.7 Å².